The molecule has 0 aliphatic carbocycles. The highest BCUT2D eigenvalue weighted by Crippen LogP contribution is 2.41. The van der Waals surface area contributed by atoms with Crippen molar-refractivity contribution in [1.82, 2.24) is 0 Å². The molecule has 0 saturated carbocycles. The summed E-state index contributed by atoms with van der Waals surface area (Å²) in [6, 6.07) is 9.64. The van der Waals surface area contributed by atoms with Crippen LogP contribution in [0, 0.1) is 5.82 Å². The Kier molecular flexibility index (Phi) is 3.71. The molecule has 0 radical (unpaired) electrons. The Balaban J connectivity index is 1.96. The molecule has 104 valence electrons. The minimum atomic E-state index is -0.668. The number of halogens is 3. The summed E-state index contributed by atoms with van der Waals surface area (Å²) in [4.78, 5) is 0. The molecule has 2 nitrogen and oxygen atoms in total. The van der Waals surface area contributed by atoms with E-state index in [0.29, 0.717) is 22.8 Å². The van der Waals surface area contributed by atoms with Crippen LogP contribution in [0.4, 0.5) is 4.39 Å². The first-order valence-electron chi connectivity index (χ1n) is 6.13. The van der Waals surface area contributed by atoms with Gasteiger partial charge in [0.1, 0.15) is 17.7 Å². The second kappa shape index (κ2) is 5.35. The summed E-state index contributed by atoms with van der Waals surface area (Å²) in [7, 11) is 0. The second-order valence-corrected chi connectivity index (χ2v) is 5.98. The minimum absolute atomic E-state index is 0.326. The molecule has 2 aromatic carbocycles. The van der Waals surface area contributed by atoms with Gasteiger partial charge in [-0.2, -0.15) is 0 Å². The summed E-state index contributed by atoms with van der Waals surface area (Å²) in [5, 5.41) is 10.8. The minimum Gasteiger partial charge on any atom is -0.485 e. The topological polar surface area (TPSA) is 29.5 Å². The summed E-state index contributed by atoms with van der Waals surface area (Å²) >= 11 is 9.32. The Labute approximate surface area is 129 Å². The zero-order chi connectivity index (χ0) is 14.3. The lowest BCUT2D eigenvalue weighted by atomic mass is 9.95. The van der Waals surface area contributed by atoms with Crippen molar-refractivity contribution in [2.75, 3.05) is 0 Å². The summed E-state index contributed by atoms with van der Waals surface area (Å²) in [5.74, 6) is 0.00806. The van der Waals surface area contributed by atoms with E-state index in [1.54, 1.807) is 12.1 Å². The lowest BCUT2D eigenvalue weighted by Gasteiger charge is -2.30. The molecule has 1 heterocycles. The smallest absolute Gasteiger partial charge is 0.128 e. The molecule has 0 fully saturated rings. The molecule has 1 N–H and O–H groups in total. The number of hydrogen-bond donors (Lipinski definition) is 1. The van der Waals surface area contributed by atoms with Gasteiger partial charge in [0.15, 0.2) is 0 Å². The Morgan fingerprint density at radius 3 is 2.80 bits per heavy atom. The first kappa shape index (κ1) is 13.9. The number of rotatable bonds is 1. The third-order valence-corrected chi connectivity index (χ3v) is 4.57. The number of aliphatic hydroxyl groups excluding tert-OH is 1. The van der Waals surface area contributed by atoms with Crippen LogP contribution < -0.4 is 4.74 Å². The average Bonchev–Trinajstić information content (AvgIpc) is 2.41. The molecule has 3 rings (SSSR count). The Morgan fingerprint density at radius 1 is 1.25 bits per heavy atom. The van der Waals surface area contributed by atoms with Crippen molar-refractivity contribution in [1.29, 1.82) is 0 Å². The van der Waals surface area contributed by atoms with Gasteiger partial charge in [-0.3, -0.25) is 0 Å². The molecule has 0 saturated heterocycles. The third kappa shape index (κ3) is 2.55. The van der Waals surface area contributed by atoms with Crippen molar-refractivity contribution in [2.45, 2.75) is 18.6 Å². The number of ether oxygens (including phenoxy) is 1. The van der Waals surface area contributed by atoms with Crippen molar-refractivity contribution >= 4 is 27.5 Å². The first-order valence-corrected chi connectivity index (χ1v) is 7.31. The summed E-state index contributed by atoms with van der Waals surface area (Å²) in [5.41, 5.74) is 1.51. The molecule has 0 bridgehead atoms. The largest absolute Gasteiger partial charge is 0.485 e. The highest BCUT2D eigenvalue weighted by atomic mass is 79.9. The highest BCUT2D eigenvalue weighted by molar-refractivity contribution is 9.10. The second-order valence-electron chi connectivity index (χ2n) is 4.71. The van der Waals surface area contributed by atoms with Crippen LogP contribution in [0.5, 0.6) is 5.75 Å². The van der Waals surface area contributed by atoms with Crippen LogP contribution in [0.1, 0.15) is 29.8 Å². The average molecular weight is 358 g/mol. The van der Waals surface area contributed by atoms with Crippen LogP contribution >= 0.6 is 27.5 Å². The highest BCUT2D eigenvalue weighted by Gasteiger charge is 2.28. The zero-order valence-corrected chi connectivity index (χ0v) is 12.7. The Bertz CT molecular complexity index is 662. The van der Waals surface area contributed by atoms with Crippen molar-refractivity contribution in [2.24, 2.45) is 0 Å². The molecule has 0 amide bonds. The van der Waals surface area contributed by atoms with E-state index in [0.717, 1.165) is 10.0 Å². The Hall–Kier alpha value is -1.10. The van der Waals surface area contributed by atoms with E-state index >= 15 is 0 Å². The SMILES string of the molecule is O[C@@H]1CC(c2ccc(Cl)c(Br)c2)Oc2cc(F)ccc21. The van der Waals surface area contributed by atoms with Gasteiger partial charge in [-0.25, -0.2) is 4.39 Å². The molecule has 0 aromatic heterocycles. The molecule has 1 unspecified atom stereocenters. The third-order valence-electron chi connectivity index (χ3n) is 3.36. The van der Waals surface area contributed by atoms with Crippen molar-refractivity contribution in [3.8, 4) is 5.75 Å². The molecular weight excluding hydrogens is 347 g/mol. The quantitative estimate of drug-likeness (QED) is 0.794. The predicted molar refractivity (Wildman–Crippen MR) is 78.5 cm³/mol. The van der Waals surface area contributed by atoms with Gasteiger partial charge in [0.2, 0.25) is 0 Å². The maximum Gasteiger partial charge on any atom is 0.128 e. The summed E-state index contributed by atoms with van der Waals surface area (Å²) in [6.07, 6.45) is -0.571. The first-order chi connectivity index (χ1) is 9.54. The molecule has 2 aromatic rings. The van der Waals surface area contributed by atoms with Gasteiger partial charge in [0, 0.05) is 22.5 Å². The molecule has 1 aliphatic rings. The van der Waals surface area contributed by atoms with E-state index in [9.17, 15) is 9.50 Å². The van der Waals surface area contributed by atoms with Crippen LogP contribution in [0.3, 0.4) is 0 Å². The van der Waals surface area contributed by atoms with E-state index in [-0.39, 0.29) is 11.9 Å². The standard InChI is InChI=1S/C15H11BrClFO2/c16-11-5-8(1-4-12(11)17)14-7-13(19)10-3-2-9(18)6-15(10)20-14/h1-6,13-14,19H,7H2/t13-,14?/m1/s1. The van der Waals surface area contributed by atoms with Crippen molar-refractivity contribution < 1.29 is 14.2 Å². The van der Waals surface area contributed by atoms with Gasteiger partial charge in [-0.05, 0) is 45.8 Å². The summed E-state index contributed by atoms with van der Waals surface area (Å²) in [6.45, 7) is 0. The van der Waals surface area contributed by atoms with Crippen molar-refractivity contribution in [3.05, 3.63) is 62.8 Å². The number of hydrogen-bond acceptors (Lipinski definition) is 2. The predicted octanol–water partition coefficient (Wildman–Crippen LogP) is 4.80. The Morgan fingerprint density at radius 2 is 2.05 bits per heavy atom. The van der Waals surface area contributed by atoms with Gasteiger partial charge >= 0.3 is 0 Å². The van der Waals surface area contributed by atoms with Gasteiger partial charge in [0.05, 0.1) is 11.1 Å². The fraction of sp³-hybridized carbons (Fsp3) is 0.200. The van der Waals surface area contributed by atoms with Crippen molar-refractivity contribution in [3.63, 3.8) is 0 Å². The lowest BCUT2D eigenvalue weighted by Crippen LogP contribution is -2.19. The molecule has 20 heavy (non-hydrogen) atoms. The molecule has 5 heteroatoms. The number of aliphatic hydroxyl groups is 1. The van der Waals surface area contributed by atoms with Gasteiger partial charge in [-0.15, -0.1) is 0 Å². The number of benzene rings is 2. The maximum atomic E-state index is 13.3. The monoisotopic (exact) mass is 356 g/mol. The number of fused-ring (bicyclic) bond motifs is 1. The zero-order valence-electron chi connectivity index (χ0n) is 10.3. The van der Waals surface area contributed by atoms with Crippen LogP contribution in [-0.4, -0.2) is 5.11 Å². The van der Waals surface area contributed by atoms with Crippen LogP contribution in [0.15, 0.2) is 40.9 Å². The normalized spacial score (nSPS) is 21.2. The van der Waals surface area contributed by atoms with Gasteiger partial charge in [-0.1, -0.05) is 17.7 Å². The van der Waals surface area contributed by atoms with Crippen LogP contribution in [0.2, 0.25) is 5.02 Å². The molecule has 0 spiro atoms. The molecular formula is C15H11BrClFO2. The van der Waals surface area contributed by atoms with Gasteiger partial charge in [0.25, 0.3) is 0 Å². The summed E-state index contributed by atoms with van der Waals surface area (Å²) < 4.78 is 19.8. The van der Waals surface area contributed by atoms with E-state index < -0.39 is 6.10 Å². The van der Waals surface area contributed by atoms with E-state index in [4.69, 9.17) is 16.3 Å². The maximum absolute atomic E-state index is 13.3. The molecule has 1 aliphatic heterocycles. The fourth-order valence-electron chi connectivity index (χ4n) is 2.33. The van der Waals surface area contributed by atoms with Crippen LogP contribution in [-0.2, 0) is 0 Å². The van der Waals surface area contributed by atoms with Crippen LogP contribution in [0.25, 0.3) is 0 Å². The van der Waals surface area contributed by atoms with E-state index in [1.807, 2.05) is 12.1 Å². The lowest BCUT2D eigenvalue weighted by molar-refractivity contribution is 0.0653. The van der Waals surface area contributed by atoms with E-state index in [1.165, 1.54) is 12.1 Å². The van der Waals surface area contributed by atoms with E-state index in [2.05, 4.69) is 15.9 Å². The molecule has 2 atom stereocenters. The van der Waals surface area contributed by atoms with Gasteiger partial charge < -0.3 is 9.84 Å². The fourth-order valence-corrected chi connectivity index (χ4v) is 2.85.